The van der Waals surface area contributed by atoms with E-state index in [1.165, 1.54) is 12.3 Å². The maximum Gasteiger partial charge on any atom is 0.417 e. The van der Waals surface area contributed by atoms with Crippen molar-refractivity contribution in [2.75, 3.05) is 18.4 Å². The lowest BCUT2D eigenvalue weighted by Crippen LogP contribution is -2.32. The van der Waals surface area contributed by atoms with Gasteiger partial charge in [0.2, 0.25) is 0 Å². The van der Waals surface area contributed by atoms with E-state index in [0.29, 0.717) is 41.1 Å². The van der Waals surface area contributed by atoms with E-state index in [1.54, 1.807) is 12.3 Å². The Morgan fingerprint density at radius 1 is 1.03 bits per heavy atom. The Morgan fingerprint density at radius 2 is 1.83 bits per heavy atom. The average Bonchev–Trinajstić information content (AvgIpc) is 3.06. The fraction of sp³-hybridized carbons (Fsp3) is 0.278. The standard InChI is InChI=1S/C18H16F3N5O.2ClH/c19-18(20,21)10-3-4-13(24-6-10)12-7-25-17(11-2-1-5-23-16(11)12)26-14-8-22-9-15(14)27;;/h1-7,14-15,22,27H,8-9H2,(H,25,26);2*1H/t14-,15+;;/m1../s1. The van der Waals surface area contributed by atoms with E-state index in [2.05, 4.69) is 25.6 Å². The van der Waals surface area contributed by atoms with E-state index in [4.69, 9.17) is 0 Å². The number of β-amino-alcohol motifs (C(OH)–C–C–N with tert-alkyl or cyclic N) is 1. The number of anilines is 1. The van der Waals surface area contributed by atoms with Gasteiger partial charge in [0.05, 0.1) is 28.9 Å². The normalized spacial score (nSPS) is 18.8. The van der Waals surface area contributed by atoms with Gasteiger partial charge in [-0.3, -0.25) is 9.97 Å². The molecule has 3 N–H and O–H groups in total. The van der Waals surface area contributed by atoms with Crippen molar-refractivity contribution in [3.05, 3.63) is 48.4 Å². The second-order valence-corrected chi connectivity index (χ2v) is 6.33. The van der Waals surface area contributed by atoms with E-state index >= 15 is 0 Å². The fourth-order valence-electron chi connectivity index (χ4n) is 3.08. The van der Waals surface area contributed by atoms with E-state index < -0.39 is 17.8 Å². The Kier molecular flexibility index (Phi) is 7.23. The molecule has 1 aliphatic heterocycles. The minimum Gasteiger partial charge on any atom is -0.390 e. The van der Waals surface area contributed by atoms with Crippen LogP contribution in [0.1, 0.15) is 5.56 Å². The number of hydrogen-bond donors (Lipinski definition) is 3. The van der Waals surface area contributed by atoms with Gasteiger partial charge in [0.15, 0.2) is 0 Å². The molecule has 4 heterocycles. The molecule has 0 spiro atoms. The molecular formula is C18H18Cl2F3N5O. The molecule has 6 nitrogen and oxygen atoms in total. The van der Waals surface area contributed by atoms with Crippen LogP contribution in [0.4, 0.5) is 19.0 Å². The molecular weight excluding hydrogens is 430 g/mol. The zero-order chi connectivity index (χ0) is 19.0. The molecule has 11 heteroatoms. The van der Waals surface area contributed by atoms with E-state index in [1.807, 2.05) is 6.07 Å². The van der Waals surface area contributed by atoms with Crippen molar-refractivity contribution < 1.29 is 18.3 Å². The summed E-state index contributed by atoms with van der Waals surface area (Å²) in [6.45, 7) is 1.11. The Labute approximate surface area is 176 Å². The molecule has 0 aromatic carbocycles. The number of fused-ring (bicyclic) bond motifs is 1. The van der Waals surface area contributed by atoms with Crippen LogP contribution in [0.5, 0.6) is 0 Å². The SMILES string of the molecule is Cl.Cl.O[C@H]1CNC[C@H]1Nc1ncc(-c2ccc(C(F)(F)F)cn2)c2ncccc12. The van der Waals surface area contributed by atoms with E-state index in [0.717, 1.165) is 12.3 Å². The van der Waals surface area contributed by atoms with Gasteiger partial charge in [-0.1, -0.05) is 0 Å². The van der Waals surface area contributed by atoms with Gasteiger partial charge in [-0.05, 0) is 24.3 Å². The number of aliphatic hydroxyl groups is 1. The number of aliphatic hydroxyl groups excluding tert-OH is 1. The summed E-state index contributed by atoms with van der Waals surface area (Å²) in [6.07, 6.45) is -1.03. The van der Waals surface area contributed by atoms with Gasteiger partial charge in [0, 0.05) is 42.6 Å². The highest BCUT2D eigenvalue weighted by molar-refractivity contribution is 5.98. The fourth-order valence-corrected chi connectivity index (χ4v) is 3.08. The molecule has 0 bridgehead atoms. The van der Waals surface area contributed by atoms with Crippen molar-refractivity contribution >= 4 is 41.5 Å². The summed E-state index contributed by atoms with van der Waals surface area (Å²) in [5, 5.41) is 17.0. The number of halogens is 5. The zero-order valence-corrected chi connectivity index (χ0v) is 16.5. The molecule has 29 heavy (non-hydrogen) atoms. The van der Waals surface area contributed by atoms with Crippen LogP contribution < -0.4 is 10.6 Å². The third kappa shape index (κ3) is 4.69. The van der Waals surface area contributed by atoms with Crippen LogP contribution in [0.3, 0.4) is 0 Å². The molecule has 3 aromatic rings. The highest BCUT2D eigenvalue weighted by atomic mass is 35.5. The Bertz CT molecular complexity index is 972. The number of alkyl halides is 3. The minimum atomic E-state index is -4.44. The van der Waals surface area contributed by atoms with Crippen molar-refractivity contribution in [3.8, 4) is 11.3 Å². The summed E-state index contributed by atoms with van der Waals surface area (Å²) in [7, 11) is 0. The molecule has 0 amide bonds. The van der Waals surface area contributed by atoms with Gasteiger partial charge in [-0.25, -0.2) is 4.98 Å². The molecule has 3 aromatic heterocycles. The maximum absolute atomic E-state index is 12.8. The predicted molar refractivity (Wildman–Crippen MR) is 109 cm³/mol. The van der Waals surface area contributed by atoms with E-state index in [9.17, 15) is 18.3 Å². The molecule has 0 aliphatic carbocycles. The smallest absolute Gasteiger partial charge is 0.390 e. The first-order valence-corrected chi connectivity index (χ1v) is 8.36. The first-order chi connectivity index (χ1) is 12.9. The second kappa shape index (κ2) is 9.08. The largest absolute Gasteiger partial charge is 0.417 e. The third-order valence-corrected chi connectivity index (χ3v) is 4.51. The molecule has 4 rings (SSSR count). The van der Waals surface area contributed by atoms with Gasteiger partial charge < -0.3 is 15.7 Å². The van der Waals surface area contributed by atoms with Gasteiger partial charge in [0.25, 0.3) is 0 Å². The van der Waals surface area contributed by atoms with Crippen LogP contribution in [0, 0.1) is 0 Å². The van der Waals surface area contributed by atoms with Crippen LogP contribution in [0.25, 0.3) is 22.2 Å². The predicted octanol–water partition coefficient (Wildman–Crippen LogP) is 3.30. The van der Waals surface area contributed by atoms with Gasteiger partial charge >= 0.3 is 6.18 Å². The van der Waals surface area contributed by atoms with Crippen molar-refractivity contribution in [2.45, 2.75) is 18.3 Å². The highest BCUT2D eigenvalue weighted by Gasteiger charge is 2.31. The number of nitrogens with one attached hydrogen (secondary N) is 2. The molecule has 2 atom stereocenters. The molecule has 0 radical (unpaired) electrons. The lowest BCUT2D eigenvalue weighted by atomic mass is 10.1. The Hall–Kier alpha value is -2.20. The van der Waals surface area contributed by atoms with Crippen molar-refractivity contribution in [1.82, 2.24) is 20.3 Å². The number of aromatic nitrogens is 3. The lowest BCUT2D eigenvalue weighted by Gasteiger charge is -2.18. The van der Waals surface area contributed by atoms with Crippen LogP contribution in [0.15, 0.2) is 42.9 Å². The van der Waals surface area contributed by atoms with Crippen LogP contribution >= 0.6 is 24.8 Å². The van der Waals surface area contributed by atoms with Crippen molar-refractivity contribution in [2.24, 2.45) is 0 Å². The third-order valence-electron chi connectivity index (χ3n) is 4.51. The summed E-state index contributed by atoms with van der Waals surface area (Å²) >= 11 is 0. The first kappa shape index (κ1) is 23.1. The van der Waals surface area contributed by atoms with Crippen LogP contribution in [0.2, 0.25) is 0 Å². The summed E-state index contributed by atoms with van der Waals surface area (Å²) in [5.74, 6) is 0.557. The number of pyridine rings is 3. The minimum absolute atomic E-state index is 0. The molecule has 0 unspecified atom stereocenters. The lowest BCUT2D eigenvalue weighted by molar-refractivity contribution is -0.137. The number of rotatable bonds is 3. The summed E-state index contributed by atoms with van der Waals surface area (Å²) in [4.78, 5) is 12.7. The van der Waals surface area contributed by atoms with Gasteiger partial charge in [-0.2, -0.15) is 13.2 Å². The quantitative estimate of drug-likeness (QED) is 0.571. The molecule has 1 fully saturated rings. The topological polar surface area (TPSA) is 83.0 Å². The molecule has 1 aliphatic rings. The molecule has 1 saturated heterocycles. The molecule has 156 valence electrons. The van der Waals surface area contributed by atoms with Crippen LogP contribution in [-0.2, 0) is 6.18 Å². The van der Waals surface area contributed by atoms with Crippen molar-refractivity contribution in [1.29, 1.82) is 0 Å². The highest BCUT2D eigenvalue weighted by Crippen LogP contribution is 2.32. The van der Waals surface area contributed by atoms with Gasteiger partial charge in [-0.15, -0.1) is 24.8 Å². The van der Waals surface area contributed by atoms with E-state index in [-0.39, 0.29) is 30.9 Å². The summed E-state index contributed by atoms with van der Waals surface area (Å²) < 4.78 is 38.3. The Balaban J connectivity index is 0.00000150. The molecule has 0 saturated carbocycles. The second-order valence-electron chi connectivity index (χ2n) is 6.33. The summed E-state index contributed by atoms with van der Waals surface area (Å²) in [6, 6.07) is 5.69. The first-order valence-electron chi connectivity index (χ1n) is 8.36. The van der Waals surface area contributed by atoms with Crippen molar-refractivity contribution in [3.63, 3.8) is 0 Å². The van der Waals surface area contributed by atoms with Crippen LogP contribution in [-0.4, -0.2) is 45.3 Å². The number of hydrogen-bond acceptors (Lipinski definition) is 6. The van der Waals surface area contributed by atoms with Gasteiger partial charge in [0.1, 0.15) is 5.82 Å². The number of nitrogens with zero attached hydrogens (tertiary/aromatic N) is 3. The Morgan fingerprint density at radius 3 is 2.45 bits per heavy atom. The average molecular weight is 448 g/mol. The zero-order valence-electron chi connectivity index (χ0n) is 14.8. The maximum atomic E-state index is 12.8. The monoisotopic (exact) mass is 447 g/mol. The summed E-state index contributed by atoms with van der Waals surface area (Å²) in [5.41, 5.74) is 0.656.